The van der Waals surface area contributed by atoms with Crippen LogP contribution in [0.3, 0.4) is 0 Å². The average Bonchev–Trinajstić information content (AvgIpc) is 2.01. The van der Waals surface area contributed by atoms with Crippen molar-refractivity contribution < 1.29 is 4.84 Å². The Kier molecular flexibility index (Phi) is 2.59. The molecule has 4 heteroatoms. The smallest absolute Gasteiger partial charge is 0.302 e. The van der Waals surface area contributed by atoms with Crippen LogP contribution in [0.1, 0.15) is 0 Å². The third kappa shape index (κ3) is 2.36. The van der Waals surface area contributed by atoms with Gasteiger partial charge in [-0.05, 0) is 18.2 Å². The van der Waals surface area contributed by atoms with Gasteiger partial charge in [0, 0.05) is 5.02 Å². The molecule has 11 heavy (non-hydrogen) atoms. The van der Waals surface area contributed by atoms with Crippen molar-refractivity contribution in [1.29, 1.82) is 5.26 Å². The van der Waals surface area contributed by atoms with E-state index in [2.05, 4.69) is 10.3 Å². The van der Waals surface area contributed by atoms with Crippen molar-refractivity contribution in [1.82, 2.24) is 0 Å². The van der Waals surface area contributed by atoms with Crippen LogP contribution in [0.5, 0.6) is 0 Å². The molecule has 0 fully saturated rings. The van der Waals surface area contributed by atoms with Gasteiger partial charge in [0.15, 0.2) is 0 Å². The number of hydrogen-bond acceptors (Lipinski definition) is 3. The highest BCUT2D eigenvalue weighted by Crippen LogP contribution is 2.14. The van der Waals surface area contributed by atoms with E-state index < -0.39 is 0 Å². The summed E-state index contributed by atoms with van der Waals surface area (Å²) in [6.45, 7) is 0. The van der Waals surface area contributed by atoms with Crippen molar-refractivity contribution in [2.45, 2.75) is 0 Å². The zero-order chi connectivity index (χ0) is 8.10. The molecule has 0 radical (unpaired) electrons. The third-order valence-electron chi connectivity index (χ3n) is 1.04. The molecule has 0 aliphatic heterocycles. The van der Waals surface area contributed by atoms with Crippen molar-refractivity contribution in [2.24, 2.45) is 0 Å². The van der Waals surface area contributed by atoms with Gasteiger partial charge in [-0.2, -0.15) is 0 Å². The van der Waals surface area contributed by atoms with Crippen molar-refractivity contribution >= 4 is 17.3 Å². The topological polar surface area (TPSA) is 45.0 Å². The van der Waals surface area contributed by atoms with Gasteiger partial charge in [0.05, 0.1) is 5.69 Å². The van der Waals surface area contributed by atoms with Gasteiger partial charge >= 0.3 is 6.26 Å². The van der Waals surface area contributed by atoms with Gasteiger partial charge in [0.2, 0.25) is 0 Å². The van der Waals surface area contributed by atoms with E-state index in [-0.39, 0.29) is 0 Å². The molecule has 1 aromatic rings. The van der Waals surface area contributed by atoms with Gasteiger partial charge in [0.1, 0.15) is 0 Å². The zero-order valence-electron chi connectivity index (χ0n) is 5.54. The van der Waals surface area contributed by atoms with E-state index in [0.717, 1.165) is 0 Å². The van der Waals surface area contributed by atoms with Gasteiger partial charge in [-0.25, -0.2) is 5.48 Å². The van der Waals surface area contributed by atoms with Gasteiger partial charge in [-0.1, -0.05) is 17.7 Å². The van der Waals surface area contributed by atoms with E-state index in [1.54, 1.807) is 24.3 Å². The molecule has 0 aliphatic rings. The van der Waals surface area contributed by atoms with Crippen LogP contribution in [-0.4, -0.2) is 0 Å². The first-order chi connectivity index (χ1) is 5.33. The number of benzene rings is 1. The Balaban J connectivity index is 2.65. The van der Waals surface area contributed by atoms with Crippen LogP contribution in [0.4, 0.5) is 5.69 Å². The Labute approximate surface area is 69.1 Å². The van der Waals surface area contributed by atoms with Crippen molar-refractivity contribution in [3.05, 3.63) is 29.3 Å². The second kappa shape index (κ2) is 3.69. The minimum atomic E-state index is 0.594. The summed E-state index contributed by atoms with van der Waals surface area (Å²) in [4.78, 5) is 4.27. The number of rotatable bonds is 2. The summed E-state index contributed by atoms with van der Waals surface area (Å²) in [5, 5.41) is 8.62. The number of nitrogens with zero attached hydrogens (tertiary/aromatic N) is 1. The fraction of sp³-hybridized carbons (Fsp3) is 0. The molecule has 0 saturated carbocycles. The van der Waals surface area contributed by atoms with Gasteiger partial charge in [-0.15, -0.1) is 5.26 Å². The summed E-state index contributed by atoms with van der Waals surface area (Å²) in [6, 6.07) is 6.88. The average molecular weight is 169 g/mol. The lowest BCUT2D eigenvalue weighted by Crippen LogP contribution is -1.93. The summed E-state index contributed by atoms with van der Waals surface area (Å²) >= 11 is 5.65. The summed E-state index contributed by atoms with van der Waals surface area (Å²) in [6.07, 6.45) is 1.48. The number of halogens is 1. The molecule has 0 saturated heterocycles. The number of nitriles is 1. The van der Waals surface area contributed by atoms with E-state index in [1.165, 1.54) is 6.26 Å². The van der Waals surface area contributed by atoms with Crippen molar-refractivity contribution in [3.63, 3.8) is 0 Å². The maximum absolute atomic E-state index is 8.03. The van der Waals surface area contributed by atoms with E-state index >= 15 is 0 Å². The van der Waals surface area contributed by atoms with Crippen LogP contribution in [0.2, 0.25) is 5.02 Å². The van der Waals surface area contributed by atoms with Gasteiger partial charge < -0.3 is 4.84 Å². The Morgan fingerprint density at radius 2 is 2.36 bits per heavy atom. The molecule has 0 unspecified atom stereocenters. The lowest BCUT2D eigenvalue weighted by atomic mass is 10.3. The molecule has 56 valence electrons. The highest BCUT2D eigenvalue weighted by atomic mass is 35.5. The molecule has 3 nitrogen and oxygen atoms in total. The molecular weight excluding hydrogens is 164 g/mol. The summed E-state index contributed by atoms with van der Waals surface area (Å²) < 4.78 is 0. The van der Waals surface area contributed by atoms with Gasteiger partial charge in [-0.3, -0.25) is 0 Å². The zero-order valence-corrected chi connectivity index (χ0v) is 6.30. The molecule has 0 aliphatic carbocycles. The molecule has 0 aromatic heterocycles. The summed E-state index contributed by atoms with van der Waals surface area (Å²) in [5.74, 6) is 0. The number of hydrogen-bond donors (Lipinski definition) is 1. The fourth-order valence-electron chi connectivity index (χ4n) is 0.634. The van der Waals surface area contributed by atoms with E-state index in [4.69, 9.17) is 16.9 Å². The summed E-state index contributed by atoms with van der Waals surface area (Å²) in [5.41, 5.74) is 3.04. The molecule has 0 atom stereocenters. The highest BCUT2D eigenvalue weighted by Gasteiger charge is 1.90. The van der Waals surface area contributed by atoms with Gasteiger partial charge in [0.25, 0.3) is 0 Å². The largest absolute Gasteiger partial charge is 0.314 e. The first-order valence-electron chi connectivity index (χ1n) is 2.89. The van der Waals surface area contributed by atoms with Crippen LogP contribution in [0, 0.1) is 11.5 Å². The predicted molar refractivity (Wildman–Crippen MR) is 41.8 cm³/mol. The molecule has 0 spiro atoms. The van der Waals surface area contributed by atoms with E-state index in [1.807, 2.05) is 0 Å². The molecule has 1 aromatic carbocycles. The predicted octanol–water partition coefficient (Wildman–Crippen LogP) is 2.16. The van der Waals surface area contributed by atoms with Crippen molar-refractivity contribution in [2.75, 3.05) is 5.48 Å². The first kappa shape index (κ1) is 7.70. The van der Waals surface area contributed by atoms with Crippen LogP contribution in [-0.2, 0) is 4.84 Å². The Morgan fingerprint density at radius 3 is 3.00 bits per heavy atom. The number of nitrogens with one attached hydrogen (secondary N) is 1. The molecular formula is C7H5ClN2O. The lowest BCUT2D eigenvalue weighted by Gasteiger charge is -1.99. The van der Waals surface area contributed by atoms with Crippen LogP contribution >= 0.6 is 11.6 Å². The normalized spacial score (nSPS) is 8.36. The van der Waals surface area contributed by atoms with Crippen LogP contribution in [0.25, 0.3) is 0 Å². The Morgan fingerprint density at radius 1 is 1.55 bits per heavy atom. The Bertz CT molecular complexity index is 282. The first-order valence-corrected chi connectivity index (χ1v) is 3.27. The standard InChI is InChI=1S/C7H5ClN2O/c8-6-2-1-3-7(4-6)10-11-5-9/h1-4,10H. The minimum Gasteiger partial charge on any atom is -0.302 e. The van der Waals surface area contributed by atoms with E-state index in [0.29, 0.717) is 10.7 Å². The molecule has 1 rings (SSSR count). The maximum atomic E-state index is 8.03. The maximum Gasteiger partial charge on any atom is 0.314 e. The molecule has 0 heterocycles. The van der Waals surface area contributed by atoms with E-state index in [9.17, 15) is 0 Å². The fourth-order valence-corrected chi connectivity index (χ4v) is 0.824. The SMILES string of the molecule is N#CONc1cccc(Cl)c1. The number of anilines is 1. The molecule has 1 N–H and O–H groups in total. The van der Waals surface area contributed by atoms with Crippen molar-refractivity contribution in [3.8, 4) is 6.26 Å². The third-order valence-corrected chi connectivity index (χ3v) is 1.27. The Hall–Kier alpha value is -1.40. The van der Waals surface area contributed by atoms with Crippen LogP contribution in [0.15, 0.2) is 24.3 Å². The second-order valence-electron chi connectivity index (χ2n) is 1.81. The lowest BCUT2D eigenvalue weighted by molar-refractivity contribution is 0.354. The quantitative estimate of drug-likeness (QED) is 0.544. The monoisotopic (exact) mass is 168 g/mol. The highest BCUT2D eigenvalue weighted by molar-refractivity contribution is 6.30. The van der Waals surface area contributed by atoms with Crippen LogP contribution < -0.4 is 5.48 Å². The molecule has 0 bridgehead atoms. The summed E-state index contributed by atoms with van der Waals surface area (Å²) in [7, 11) is 0. The second-order valence-corrected chi connectivity index (χ2v) is 2.24. The molecule has 0 amide bonds. The minimum absolute atomic E-state index is 0.594.